The van der Waals surface area contributed by atoms with Crippen LogP contribution in [0.4, 0.5) is 0 Å². The zero-order chi connectivity index (χ0) is 20.3. The Morgan fingerprint density at radius 3 is 2.43 bits per heavy atom. The van der Waals surface area contributed by atoms with E-state index in [0.29, 0.717) is 28.8 Å². The highest BCUT2D eigenvalue weighted by atomic mass is 35.5. The predicted molar refractivity (Wildman–Crippen MR) is 109 cm³/mol. The standard InChI is InChI=1S/C18H17Cl3N2O4S/c19-13-2-1-12(17(21)9-13)11-22-18(24)15-10-14(3-4-16(15)20)28(25,26)23-5-7-27-8-6-23/h1-4,9-10H,5-8,11H2,(H,22,24). The van der Waals surface area contributed by atoms with Gasteiger partial charge in [-0.2, -0.15) is 4.31 Å². The molecule has 1 fully saturated rings. The van der Waals surface area contributed by atoms with Crippen molar-refractivity contribution in [3.05, 3.63) is 62.6 Å². The molecule has 0 radical (unpaired) electrons. The summed E-state index contributed by atoms with van der Waals surface area (Å²) in [5, 5.41) is 3.76. The molecule has 0 atom stereocenters. The van der Waals surface area contributed by atoms with E-state index in [1.54, 1.807) is 18.2 Å². The van der Waals surface area contributed by atoms with Crippen molar-refractivity contribution in [1.29, 1.82) is 0 Å². The van der Waals surface area contributed by atoms with Gasteiger partial charge in [0.1, 0.15) is 0 Å². The zero-order valence-electron chi connectivity index (χ0n) is 14.6. The van der Waals surface area contributed by atoms with Crippen LogP contribution in [0.1, 0.15) is 15.9 Å². The smallest absolute Gasteiger partial charge is 0.253 e. The van der Waals surface area contributed by atoms with Crippen molar-refractivity contribution in [2.45, 2.75) is 11.4 Å². The van der Waals surface area contributed by atoms with Gasteiger partial charge in [-0.3, -0.25) is 4.79 Å². The number of hydrogen-bond donors (Lipinski definition) is 1. The number of halogens is 3. The normalized spacial score (nSPS) is 15.4. The highest BCUT2D eigenvalue weighted by molar-refractivity contribution is 7.89. The van der Waals surface area contributed by atoms with Crippen LogP contribution in [0.25, 0.3) is 0 Å². The summed E-state index contributed by atoms with van der Waals surface area (Å²) in [6, 6.07) is 9.02. The highest BCUT2D eigenvalue weighted by Crippen LogP contribution is 2.24. The average molecular weight is 464 g/mol. The topological polar surface area (TPSA) is 75.7 Å². The minimum atomic E-state index is -3.73. The van der Waals surface area contributed by atoms with E-state index in [-0.39, 0.29) is 35.1 Å². The second kappa shape index (κ2) is 8.98. The Balaban J connectivity index is 1.79. The van der Waals surface area contributed by atoms with Crippen molar-refractivity contribution in [2.75, 3.05) is 26.3 Å². The number of benzene rings is 2. The Morgan fingerprint density at radius 1 is 1.04 bits per heavy atom. The molecule has 1 heterocycles. The minimum absolute atomic E-state index is 0.00785. The van der Waals surface area contributed by atoms with Crippen LogP contribution in [0.5, 0.6) is 0 Å². The summed E-state index contributed by atoms with van der Waals surface area (Å²) < 4.78 is 32.1. The Labute approximate surface area is 178 Å². The van der Waals surface area contributed by atoms with Gasteiger partial charge in [0, 0.05) is 29.7 Å². The molecule has 6 nitrogen and oxygen atoms in total. The summed E-state index contributed by atoms with van der Waals surface area (Å²) in [4.78, 5) is 12.6. The van der Waals surface area contributed by atoms with Crippen molar-refractivity contribution in [3.8, 4) is 0 Å². The fourth-order valence-corrected chi connectivity index (χ4v) is 4.82. The van der Waals surface area contributed by atoms with Crippen molar-refractivity contribution < 1.29 is 17.9 Å². The number of ether oxygens (including phenoxy) is 1. The van der Waals surface area contributed by atoms with Gasteiger partial charge < -0.3 is 10.1 Å². The molecule has 1 amide bonds. The molecule has 0 aromatic heterocycles. The van der Waals surface area contributed by atoms with E-state index in [1.165, 1.54) is 22.5 Å². The summed E-state index contributed by atoms with van der Waals surface area (Å²) in [5.41, 5.74) is 0.744. The van der Waals surface area contributed by atoms with Crippen molar-refractivity contribution in [2.24, 2.45) is 0 Å². The van der Waals surface area contributed by atoms with Gasteiger partial charge in [0.25, 0.3) is 5.91 Å². The largest absolute Gasteiger partial charge is 0.379 e. The molecular formula is C18H17Cl3N2O4S. The van der Waals surface area contributed by atoms with E-state index in [2.05, 4.69) is 5.32 Å². The molecule has 1 saturated heterocycles. The van der Waals surface area contributed by atoms with Crippen LogP contribution in [-0.2, 0) is 21.3 Å². The van der Waals surface area contributed by atoms with Crippen molar-refractivity contribution in [1.82, 2.24) is 9.62 Å². The number of nitrogens with zero attached hydrogens (tertiary/aromatic N) is 1. The van der Waals surface area contributed by atoms with Gasteiger partial charge in [0.2, 0.25) is 10.0 Å². The Morgan fingerprint density at radius 2 is 1.75 bits per heavy atom. The van der Waals surface area contributed by atoms with E-state index in [0.717, 1.165) is 0 Å². The lowest BCUT2D eigenvalue weighted by Gasteiger charge is -2.26. The van der Waals surface area contributed by atoms with Gasteiger partial charge in [-0.1, -0.05) is 40.9 Å². The lowest BCUT2D eigenvalue weighted by molar-refractivity contribution is 0.0730. The van der Waals surface area contributed by atoms with E-state index in [4.69, 9.17) is 39.5 Å². The summed E-state index contributed by atoms with van der Waals surface area (Å²) in [7, 11) is -3.73. The van der Waals surface area contributed by atoms with Crippen LogP contribution < -0.4 is 5.32 Å². The molecular weight excluding hydrogens is 447 g/mol. The van der Waals surface area contributed by atoms with Gasteiger partial charge in [-0.15, -0.1) is 0 Å². The molecule has 0 unspecified atom stereocenters. The third-order valence-electron chi connectivity index (χ3n) is 4.24. The highest BCUT2D eigenvalue weighted by Gasteiger charge is 2.27. The van der Waals surface area contributed by atoms with E-state index < -0.39 is 15.9 Å². The molecule has 2 aromatic carbocycles. The van der Waals surface area contributed by atoms with Gasteiger partial charge in [0.05, 0.1) is 28.7 Å². The third-order valence-corrected chi connectivity index (χ3v) is 7.06. The number of rotatable bonds is 5. The van der Waals surface area contributed by atoms with E-state index in [9.17, 15) is 13.2 Å². The van der Waals surface area contributed by atoms with Crippen LogP contribution in [0.2, 0.25) is 15.1 Å². The molecule has 1 N–H and O–H groups in total. The average Bonchev–Trinajstić information content (AvgIpc) is 2.68. The number of amides is 1. The number of carbonyl (C=O) groups excluding carboxylic acids is 1. The molecule has 0 spiro atoms. The molecule has 0 saturated carbocycles. The Hall–Kier alpha value is -1.35. The Kier molecular flexibility index (Phi) is 6.85. The van der Waals surface area contributed by atoms with Crippen molar-refractivity contribution >= 4 is 50.7 Å². The fraction of sp³-hybridized carbons (Fsp3) is 0.278. The first kappa shape index (κ1) is 21.4. The quantitative estimate of drug-likeness (QED) is 0.735. The van der Waals surface area contributed by atoms with Crippen LogP contribution in [-0.4, -0.2) is 44.9 Å². The monoisotopic (exact) mass is 462 g/mol. The first-order valence-corrected chi connectivity index (χ1v) is 11.0. The maximum absolute atomic E-state index is 12.8. The first-order chi connectivity index (χ1) is 13.3. The van der Waals surface area contributed by atoms with Crippen LogP contribution in [0.15, 0.2) is 41.3 Å². The van der Waals surface area contributed by atoms with Crippen LogP contribution >= 0.6 is 34.8 Å². The predicted octanol–water partition coefficient (Wildman–Crippen LogP) is 3.60. The summed E-state index contributed by atoms with van der Waals surface area (Å²) in [6.07, 6.45) is 0. The molecule has 3 rings (SSSR count). The van der Waals surface area contributed by atoms with Crippen molar-refractivity contribution in [3.63, 3.8) is 0 Å². The van der Waals surface area contributed by atoms with Gasteiger partial charge in [-0.05, 0) is 35.9 Å². The Bertz CT molecular complexity index is 992. The molecule has 1 aliphatic rings. The maximum atomic E-state index is 12.8. The molecule has 28 heavy (non-hydrogen) atoms. The number of hydrogen-bond acceptors (Lipinski definition) is 4. The molecule has 2 aromatic rings. The third kappa shape index (κ3) is 4.79. The molecule has 10 heteroatoms. The summed E-state index contributed by atoms with van der Waals surface area (Å²) in [5.74, 6) is -0.505. The second-order valence-electron chi connectivity index (χ2n) is 6.08. The molecule has 150 valence electrons. The number of morpholine rings is 1. The summed E-state index contributed by atoms with van der Waals surface area (Å²) >= 11 is 18.1. The zero-order valence-corrected chi connectivity index (χ0v) is 17.7. The molecule has 0 bridgehead atoms. The van der Waals surface area contributed by atoms with Gasteiger partial charge >= 0.3 is 0 Å². The number of nitrogens with one attached hydrogen (secondary N) is 1. The van der Waals surface area contributed by atoms with Gasteiger partial charge in [0.15, 0.2) is 0 Å². The van der Waals surface area contributed by atoms with E-state index in [1.807, 2.05) is 0 Å². The lowest BCUT2D eigenvalue weighted by Crippen LogP contribution is -2.40. The van der Waals surface area contributed by atoms with Gasteiger partial charge in [-0.25, -0.2) is 8.42 Å². The van der Waals surface area contributed by atoms with Crippen LogP contribution in [0.3, 0.4) is 0 Å². The molecule has 1 aliphatic heterocycles. The van der Waals surface area contributed by atoms with E-state index >= 15 is 0 Å². The second-order valence-corrected chi connectivity index (χ2v) is 9.27. The number of sulfonamides is 1. The SMILES string of the molecule is O=C(NCc1ccc(Cl)cc1Cl)c1cc(S(=O)(=O)N2CCOCC2)ccc1Cl. The fourth-order valence-electron chi connectivity index (χ4n) is 2.71. The summed E-state index contributed by atoms with van der Waals surface area (Å²) in [6.45, 7) is 1.35. The molecule has 0 aliphatic carbocycles. The van der Waals surface area contributed by atoms with Crippen LogP contribution in [0, 0.1) is 0 Å². The number of carbonyl (C=O) groups is 1. The maximum Gasteiger partial charge on any atom is 0.253 e. The first-order valence-electron chi connectivity index (χ1n) is 8.38. The minimum Gasteiger partial charge on any atom is -0.379 e. The lowest BCUT2D eigenvalue weighted by atomic mass is 10.2.